The van der Waals surface area contributed by atoms with Gasteiger partial charge in [-0.25, -0.2) is 4.79 Å². The molecule has 0 spiro atoms. The molecule has 4 N–H and O–H groups in total. The van der Waals surface area contributed by atoms with Crippen LogP contribution in [-0.4, -0.2) is 53.0 Å². The molecule has 0 saturated carbocycles. The maximum absolute atomic E-state index is 12.5. The predicted molar refractivity (Wildman–Crippen MR) is 123 cm³/mol. The number of hydrogen-bond acceptors (Lipinski definition) is 5. The number of fused-ring (bicyclic) bond motifs is 3. The standard InChI is InChI=1S/C25H30N2O6/c1-3-8-21(23(30)26-15-25(2,32)13-22(28)29)27-24(31)33-14-20-18-11-6-4-9-16(18)17-10-5-7-12-19(17)20/h4-7,9-12,20-21,32H,3,8,13-15H2,1-2H3,(H,26,30)(H,27,31)(H,28,29). The van der Waals surface area contributed by atoms with E-state index in [1.165, 1.54) is 6.92 Å². The highest BCUT2D eigenvalue weighted by Crippen LogP contribution is 2.44. The monoisotopic (exact) mass is 454 g/mol. The van der Waals surface area contributed by atoms with Crippen molar-refractivity contribution in [2.45, 2.75) is 50.7 Å². The molecule has 3 rings (SSSR count). The van der Waals surface area contributed by atoms with Gasteiger partial charge in [-0.2, -0.15) is 0 Å². The van der Waals surface area contributed by atoms with Gasteiger partial charge in [-0.15, -0.1) is 0 Å². The Hall–Kier alpha value is -3.39. The van der Waals surface area contributed by atoms with Crippen LogP contribution in [0.1, 0.15) is 50.2 Å². The Morgan fingerprint density at radius 2 is 1.64 bits per heavy atom. The Morgan fingerprint density at radius 1 is 1.06 bits per heavy atom. The molecule has 1 aliphatic carbocycles. The van der Waals surface area contributed by atoms with Crippen molar-refractivity contribution >= 4 is 18.0 Å². The van der Waals surface area contributed by atoms with E-state index in [1.807, 2.05) is 43.3 Å². The van der Waals surface area contributed by atoms with Crippen LogP contribution in [0.3, 0.4) is 0 Å². The van der Waals surface area contributed by atoms with E-state index in [1.54, 1.807) is 0 Å². The number of aliphatic carboxylic acids is 1. The fourth-order valence-electron chi connectivity index (χ4n) is 4.13. The molecule has 2 amide bonds. The van der Waals surface area contributed by atoms with Gasteiger partial charge in [-0.05, 0) is 35.6 Å². The average molecular weight is 455 g/mol. The van der Waals surface area contributed by atoms with Crippen LogP contribution in [0.15, 0.2) is 48.5 Å². The lowest BCUT2D eigenvalue weighted by molar-refractivity contribution is -0.142. The summed E-state index contributed by atoms with van der Waals surface area (Å²) in [4.78, 5) is 35.9. The Balaban J connectivity index is 1.59. The topological polar surface area (TPSA) is 125 Å². The molecule has 0 heterocycles. The maximum Gasteiger partial charge on any atom is 0.407 e. The van der Waals surface area contributed by atoms with Crippen molar-refractivity contribution in [1.82, 2.24) is 10.6 Å². The molecule has 0 fully saturated rings. The van der Waals surface area contributed by atoms with Crippen molar-refractivity contribution in [3.05, 3.63) is 59.7 Å². The summed E-state index contributed by atoms with van der Waals surface area (Å²) in [5.74, 6) is -1.76. The molecule has 0 aromatic heterocycles. The minimum atomic E-state index is -1.60. The lowest BCUT2D eigenvalue weighted by Gasteiger charge is -2.24. The molecular formula is C25H30N2O6. The number of aliphatic hydroxyl groups is 1. The average Bonchev–Trinajstić information content (AvgIpc) is 3.09. The number of amides is 2. The molecule has 0 bridgehead atoms. The first kappa shape index (κ1) is 24.3. The zero-order chi connectivity index (χ0) is 24.0. The Labute approximate surface area is 193 Å². The van der Waals surface area contributed by atoms with Crippen LogP contribution in [0.5, 0.6) is 0 Å². The SMILES string of the molecule is CCCC(NC(=O)OCC1c2ccccc2-c2ccccc21)C(=O)NCC(C)(O)CC(=O)O. The third-order valence-corrected chi connectivity index (χ3v) is 5.71. The maximum atomic E-state index is 12.5. The second kappa shape index (κ2) is 10.5. The Morgan fingerprint density at radius 3 is 2.18 bits per heavy atom. The number of carbonyl (C=O) groups is 3. The third kappa shape index (κ3) is 6.10. The summed E-state index contributed by atoms with van der Waals surface area (Å²) in [6.45, 7) is 3.09. The van der Waals surface area contributed by atoms with Gasteiger partial charge in [-0.3, -0.25) is 9.59 Å². The van der Waals surface area contributed by atoms with Crippen molar-refractivity contribution in [1.29, 1.82) is 0 Å². The minimum absolute atomic E-state index is 0.0901. The van der Waals surface area contributed by atoms with Gasteiger partial charge in [0, 0.05) is 12.5 Å². The van der Waals surface area contributed by atoms with Crippen LogP contribution in [-0.2, 0) is 14.3 Å². The van der Waals surface area contributed by atoms with E-state index in [-0.39, 0.29) is 19.1 Å². The van der Waals surface area contributed by atoms with Crippen LogP contribution in [0, 0.1) is 0 Å². The van der Waals surface area contributed by atoms with E-state index in [0.29, 0.717) is 12.8 Å². The molecule has 8 heteroatoms. The second-order valence-corrected chi connectivity index (χ2v) is 8.60. The van der Waals surface area contributed by atoms with Crippen molar-refractivity contribution < 1.29 is 29.3 Å². The molecule has 2 unspecified atom stereocenters. The molecule has 176 valence electrons. The number of carboxylic acid groups (broad SMARTS) is 1. The number of nitrogens with one attached hydrogen (secondary N) is 2. The van der Waals surface area contributed by atoms with Crippen molar-refractivity contribution in [3.63, 3.8) is 0 Å². The molecule has 2 atom stereocenters. The van der Waals surface area contributed by atoms with Crippen molar-refractivity contribution in [3.8, 4) is 11.1 Å². The lowest BCUT2D eigenvalue weighted by Crippen LogP contribution is -2.51. The van der Waals surface area contributed by atoms with Gasteiger partial charge < -0.3 is 25.6 Å². The predicted octanol–water partition coefficient (Wildman–Crippen LogP) is 3.04. The summed E-state index contributed by atoms with van der Waals surface area (Å²) >= 11 is 0. The third-order valence-electron chi connectivity index (χ3n) is 5.71. The Bertz CT molecular complexity index is 974. The van der Waals surface area contributed by atoms with E-state index in [0.717, 1.165) is 22.3 Å². The number of alkyl carbamates (subject to hydrolysis) is 1. The van der Waals surface area contributed by atoms with E-state index in [2.05, 4.69) is 22.8 Å². The smallest absolute Gasteiger partial charge is 0.407 e. The number of rotatable bonds is 10. The number of ether oxygens (including phenoxy) is 1. The zero-order valence-electron chi connectivity index (χ0n) is 18.8. The number of carboxylic acids is 1. The molecule has 2 aromatic rings. The van der Waals surface area contributed by atoms with E-state index < -0.39 is 36.0 Å². The van der Waals surface area contributed by atoms with E-state index >= 15 is 0 Å². The zero-order valence-corrected chi connectivity index (χ0v) is 18.8. The lowest BCUT2D eigenvalue weighted by atomic mass is 9.98. The minimum Gasteiger partial charge on any atom is -0.481 e. The first-order chi connectivity index (χ1) is 15.7. The summed E-state index contributed by atoms with van der Waals surface area (Å²) in [5.41, 5.74) is 2.84. The summed E-state index contributed by atoms with van der Waals surface area (Å²) in [6, 6.07) is 15.2. The molecule has 0 saturated heterocycles. The van der Waals surface area contributed by atoms with Crippen molar-refractivity contribution in [2.24, 2.45) is 0 Å². The molecule has 0 aliphatic heterocycles. The Kier molecular flexibility index (Phi) is 7.71. The van der Waals surface area contributed by atoms with Crippen molar-refractivity contribution in [2.75, 3.05) is 13.2 Å². The van der Waals surface area contributed by atoms with Gasteiger partial charge in [0.2, 0.25) is 5.91 Å². The number of carbonyl (C=O) groups excluding carboxylic acids is 2. The fourth-order valence-corrected chi connectivity index (χ4v) is 4.13. The first-order valence-corrected chi connectivity index (χ1v) is 11.0. The summed E-state index contributed by atoms with van der Waals surface area (Å²) in [6.07, 6.45) is -0.210. The molecule has 0 radical (unpaired) electrons. The number of hydrogen-bond donors (Lipinski definition) is 4. The highest BCUT2D eigenvalue weighted by atomic mass is 16.5. The van der Waals surface area contributed by atoms with Gasteiger partial charge in [0.05, 0.1) is 12.0 Å². The molecule has 1 aliphatic rings. The van der Waals surface area contributed by atoms with Crippen LogP contribution in [0.4, 0.5) is 4.79 Å². The van der Waals surface area contributed by atoms with Crippen LogP contribution in [0.2, 0.25) is 0 Å². The van der Waals surface area contributed by atoms with E-state index in [4.69, 9.17) is 9.84 Å². The van der Waals surface area contributed by atoms with Gasteiger partial charge >= 0.3 is 12.1 Å². The summed E-state index contributed by atoms with van der Waals surface area (Å²) in [7, 11) is 0. The molecular weight excluding hydrogens is 424 g/mol. The summed E-state index contributed by atoms with van der Waals surface area (Å²) < 4.78 is 5.51. The quantitative estimate of drug-likeness (QED) is 0.437. The van der Waals surface area contributed by atoms with E-state index in [9.17, 15) is 19.5 Å². The van der Waals surface area contributed by atoms with Crippen LogP contribution >= 0.6 is 0 Å². The fraction of sp³-hybridized carbons (Fsp3) is 0.400. The van der Waals surface area contributed by atoms with Gasteiger partial charge in [-0.1, -0.05) is 61.9 Å². The first-order valence-electron chi connectivity index (χ1n) is 11.0. The van der Waals surface area contributed by atoms with Gasteiger partial charge in [0.25, 0.3) is 0 Å². The molecule has 8 nitrogen and oxygen atoms in total. The van der Waals surface area contributed by atoms with Gasteiger partial charge in [0.15, 0.2) is 0 Å². The highest BCUT2D eigenvalue weighted by molar-refractivity contribution is 5.86. The largest absolute Gasteiger partial charge is 0.481 e. The highest BCUT2D eigenvalue weighted by Gasteiger charge is 2.30. The normalized spacial score (nSPS) is 15.0. The van der Waals surface area contributed by atoms with Gasteiger partial charge in [0.1, 0.15) is 12.6 Å². The number of benzene rings is 2. The summed E-state index contributed by atoms with van der Waals surface area (Å²) in [5, 5.41) is 24.1. The molecule has 33 heavy (non-hydrogen) atoms. The van der Waals surface area contributed by atoms with Crippen LogP contribution in [0.25, 0.3) is 11.1 Å². The second-order valence-electron chi connectivity index (χ2n) is 8.60. The molecule has 2 aromatic carbocycles. The van der Waals surface area contributed by atoms with Crippen LogP contribution < -0.4 is 10.6 Å².